The van der Waals surface area contributed by atoms with Crippen molar-refractivity contribution in [3.05, 3.63) is 102 Å². The Hall–Kier alpha value is -8.31. The topological polar surface area (TPSA) is 521 Å². The quantitative estimate of drug-likeness (QED) is 0.0259. The second-order valence-corrected chi connectivity index (χ2v) is 25.1. The number of halogens is 1. The first-order valence-corrected chi connectivity index (χ1v) is 30.2. The van der Waals surface area contributed by atoms with Crippen molar-refractivity contribution in [2.45, 2.75) is 29.4 Å². The van der Waals surface area contributed by atoms with Crippen LogP contribution in [0.4, 0.5) is 51.2 Å². The monoisotopic (exact) mass is 1250 g/mol. The van der Waals surface area contributed by atoms with Gasteiger partial charge in [0.2, 0.25) is 0 Å². The first kappa shape index (κ1) is 58.8. The zero-order chi connectivity index (χ0) is 59.7. The van der Waals surface area contributed by atoms with Crippen LogP contribution in [0.5, 0.6) is 23.0 Å². The van der Waals surface area contributed by atoms with Gasteiger partial charge in [-0.05, 0) is 107 Å². The zero-order valence-electron chi connectivity index (χ0n) is 39.6. The van der Waals surface area contributed by atoms with Gasteiger partial charge in [-0.2, -0.15) is 65.8 Å². The third-order valence-electron chi connectivity index (χ3n) is 11.2. The highest BCUT2D eigenvalue weighted by Crippen LogP contribution is 2.50. The van der Waals surface area contributed by atoms with E-state index in [-0.39, 0.29) is 44.4 Å². The Morgan fingerprint density at radius 1 is 0.407 bits per heavy atom. The number of azo groups is 4. The molecule has 0 saturated heterocycles. The van der Waals surface area contributed by atoms with Crippen LogP contribution < -0.4 is 10.5 Å². The zero-order valence-corrected chi connectivity index (χ0v) is 45.2. The number of methoxy groups -OCH3 is 1. The van der Waals surface area contributed by atoms with Crippen LogP contribution in [0, 0.1) is 0 Å². The molecule has 0 aromatic heterocycles. The van der Waals surface area contributed by atoms with E-state index in [0.717, 1.165) is 92.0 Å². The van der Waals surface area contributed by atoms with Gasteiger partial charge in [0, 0.05) is 10.8 Å². The summed E-state index contributed by atoms with van der Waals surface area (Å²) in [7, 11) is -29.9. The lowest BCUT2D eigenvalue weighted by atomic mass is 10.0. The molecule has 0 spiro atoms. The van der Waals surface area contributed by atoms with E-state index in [1.165, 1.54) is 0 Å². The molecule has 0 aliphatic carbocycles. The van der Waals surface area contributed by atoms with Crippen LogP contribution in [-0.2, 0) is 60.7 Å². The van der Waals surface area contributed by atoms with E-state index < -0.39 is 157 Å². The van der Waals surface area contributed by atoms with Gasteiger partial charge in [0.05, 0.1) is 45.2 Å². The third kappa shape index (κ3) is 12.1. The number of anilines is 1. The van der Waals surface area contributed by atoms with Crippen LogP contribution in [0.2, 0.25) is 5.02 Å². The fourth-order valence-corrected chi connectivity index (χ4v) is 11.7. The number of rotatable bonds is 15. The van der Waals surface area contributed by atoms with Crippen LogP contribution in [0.15, 0.2) is 167 Å². The van der Waals surface area contributed by atoms with Crippen molar-refractivity contribution in [2.24, 2.45) is 40.9 Å². The molecule has 0 aliphatic heterocycles. The minimum Gasteiger partial charge on any atom is -0.505 e. The van der Waals surface area contributed by atoms with Crippen molar-refractivity contribution in [1.82, 2.24) is 0 Å². The second kappa shape index (κ2) is 21.0. The molecule has 0 unspecified atom stereocenters. The van der Waals surface area contributed by atoms with E-state index in [2.05, 4.69) is 40.9 Å². The molecule has 8 aromatic rings. The van der Waals surface area contributed by atoms with Gasteiger partial charge in [-0.25, -0.2) is 0 Å². The summed E-state index contributed by atoms with van der Waals surface area (Å²) in [6.07, 6.45) is 0. The Labute approximate surface area is 459 Å². The summed E-state index contributed by atoms with van der Waals surface area (Å²) in [4.78, 5) is -5.99. The van der Waals surface area contributed by atoms with Crippen molar-refractivity contribution < 1.29 is 97.9 Å². The van der Waals surface area contributed by atoms with Crippen molar-refractivity contribution in [1.29, 1.82) is 0 Å². The number of hydrogen-bond acceptors (Lipinski definition) is 25. The number of nitrogens with zero attached hydrogens (tertiary/aromatic N) is 8. The first-order valence-electron chi connectivity index (χ1n) is 21.2. The Kier molecular flexibility index (Phi) is 15.2. The highest BCUT2D eigenvalue weighted by atomic mass is 35.5. The summed E-state index contributed by atoms with van der Waals surface area (Å²) in [6, 6.07) is 14.8. The molecule has 0 heterocycles. The number of ether oxygens (including phenoxy) is 1. The van der Waals surface area contributed by atoms with Crippen molar-refractivity contribution in [3.63, 3.8) is 0 Å². The molecule has 0 radical (unpaired) electrons. The average molecular weight is 1250 g/mol. The molecule has 31 nitrogen and oxygen atoms in total. The van der Waals surface area contributed by atoms with Crippen molar-refractivity contribution in [3.8, 4) is 23.0 Å². The van der Waals surface area contributed by atoms with Gasteiger partial charge < -0.3 is 25.8 Å². The molecule has 0 saturated carbocycles. The van der Waals surface area contributed by atoms with Gasteiger partial charge in [0.15, 0.2) is 17.2 Å². The van der Waals surface area contributed by atoms with E-state index in [0.29, 0.717) is 12.1 Å². The number of nitrogens with two attached hydrogens (primary N) is 1. The first-order chi connectivity index (χ1) is 37.5. The van der Waals surface area contributed by atoms with Gasteiger partial charge in [-0.15, -0.1) is 25.6 Å². The lowest BCUT2D eigenvalue weighted by Crippen LogP contribution is -2.03. The maximum absolute atomic E-state index is 12.8. The Bertz CT molecular complexity index is 4930. The molecule has 0 aliphatic rings. The fraction of sp³-hybridized carbons (Fsp3) is 0.0233. The number of phenols is 3. The lowest BCUT2D eigenvalue weighted by Gasteiger charge is -2.14. The van der Waals surface area contributed by atoms with E-state index in [4.69, 9.17) is 22.1 Å². The SMILES string of the molecule is COc1ccc(S(=O)(=O)O)cc1/N=N\c1c(S(=O)(=O)O)cc2ccc(N=Nc3c(S(=O)(=O)O)cc4cc(S(=O)(=O)O)c(N=Nc5ccc6c(O)c(/N=N\c7ccc(Cl)c(S(=O)(=O)O)c7)c(S(=O)(=O)O)cc6c5)c(O)c4c3N)cc2c1O. The molecule has 38 heteroatoms. The summed E-state index contributed by atoms with van der Waals surface area (Å²) in [6.45, 7) is 0. The standard InChI is InChI=1S/C43H30ClN9O22S6/c1-75-29-9-6-24(76(57,58)59)17-28(29)49-53-39-32(79(66,67)68)11-18-2-3-22(15-26(18)42(39)55)47-50-37-31(78(63,64)65)13-20-14-34(81(72,73)74)40(43(56)35(20)36(37)45)52-46-21-4-7-25-19(10-21)12-33(80(69,70)71)38(41(25)54)51-48-23-5-8-27(44)30(16-23)77(60,61)62/h2-17,54-56H,45H2,1H3,(H,57,58,59)(H,60,61,62)(H,63,64,65)(H,66,67,68)(H,69,70,71)(H,72,73,74)/b50-47?,51-48-,52-46?,53-49-. The Morgan fingerprint density at radius 3 is 1.37 bits per heavy atom. The smallest absolute Gasteiger partial charge is 0.296 e. The highest BCUT2D eigenvalue weighted by molar-refractivity contribution is 7.87. The summed E-state index contributed by atoms with van der Waals surface area (Å²) >= 11 is 5.82. The molecule has 0 amide bonds. The maximum atomic E-state index is 12.8. The van der Waals surface area contributed by atoms with Crippen molar-refractivity contribution >= 4 is 156 Å². The predicted octanol–water partition coefficient (Wildman–Crippen LogP) is 9.65. The van der Waals surface area contributed by atoms with E-state index >= 15 is 0 Å². The number of phenolic OH excluding ortho intramolecular Hbond substituents is 3. The molecule has 0 atom stereocenters. The number of aromatic hydroxyl groups is 3. The number of benzene rings is 8. The average Bonchev–Trinajstić information content (AvgIpc) is 3.43. The summed E-state index contributed by atoms with van der Waals surface area (Å²) in [5.41, 5.74) is 0.281. The number of fused-ring (bicyclic) bond motifs is 3. The molecular formula is C43H30ClN9O22S6. The number of nitrogen functional groups attached to an aromatic ring is 1. The van der Waals surface area contributed by atoms with Gasteiger partial charge in [0.25, 0.3) is 60.7 Å². The van der Waals surface area contributed by atoms with Crippen LogP contribution in [0.25, 0.3) is 32.3 Å². The molecule has 422 valence electrons. The van der Waals surface area contributed by atoms with E-state index in [1.807, 2.05) is 0 Å². The van der Waals surface area contributed by atoms with Gasteiger partial charge in [0.1, 0.15) is 58.7 Å². The van der Waals surface area contributed by atoms with Crippen LogP contribution in [0.3, 0.4) is 0 Å². The predicted molar refractivity (Wildman–Crippen MR) is 281 cm³/mol. The molecule has 11 N–H and O–H groups in total. The summed E-state index contributed by atoms with van der Waals surface area (Å²) in [5.74, 6) is -3.33. The minimum atomic E-state index is -5.46. The maximum Gasteiger partial charge on any atom is 0.296 e. The van der Waals surface area contributed by atoms with Gasteiger partial charge in [-0.3, -0.25) is 27.3 Å². The van der Waals surface area contributed by atoms with Crippen LogP contribution in [-0.4, -0.2) is 100 Å². The molecule has 8 rings (SSSR count). The summed E-state index contributed by atoms with van der Waals surface area (Å²) in [5, 5.41) is 61.8. The van der Waals surface area contributed by atoms with Gasteiger partial charge in [-0.1, -0.05) is 17.7 Å². The fourth-order valence-electron chi connectivity index (χ4n) is 7.57. The molecule has 8 aromatic carbocycles. The number of hydrogen-bond donors (Lipinski definition) is 10. The van der Waals surface area contributed by atoms with Gasteiger partial charge >= 0.3 is 0 Å². The normalized spacial score (nSPS) is 13.3. The van der Waals surface area contributed by atoms with Crippen LogP contribution in [0.1, 0.15) is 0 Å². The largest absolute Gasteiger partial charge is 0.505 e. The molecule has 81 heavy (non-hydrogen) atoms. The molecule has 0 fully saturated rings. The molecule has 0 bridgehead atoms. The molecular weight excluding hydrogens is 1220 g/mol. The Morgan fingerprint density at radius 2 is 0.840 bits per heavy atom. The second-order valence-electron chi connectivity index (χ2n) is 16.4. The third-order valence-corrected chi connectivity index (χ3v) is 16.8. The lowest BCUT2D eigenvalue weighted by molar-refractivity contribution is 0.415. The van der Waals surface area contributed by atoms with E-state index in [9.17, 15) is 93.1 Å². The Balaban J connectivity index is 1.22. The summed E-state index contributed by atoms with van der Waals surface area (Å²) < 4.78 is 213. The minimum absolute atomic E-state index is 0.121. The van der Waals surface area contributed by atoms with Crippen molar-refractivity contribution in [2.75, 3.05) is 12.8 Å². The van der Waals surface area contributed by atoms with E-state index in [1.54, 1.807) is 0 Å². The van der Waals surface area contributed by atoms with Crippen LogP contribution >= 0.6 is 11.6 Å². The highest BCUT2D eigenvalue weighted by Gasteiger charge is 2.30.